The summed E-state index contributed by atoms with van der Waals surface area (Å²) < 4.78 is 0. The fourth-order valence-electron chi connectivity index (χ4n) is 2.42. The smallest absolute Gasteiger partial charge is 0.221 e. The van der Waals surface area contributed by atoms with Gasteiger partial charge in [0.1, 0.15) is 5.78 Å². The molecule has 90 valence electrons. The number of allylic oxidation sites excluding steroid dienone is 4. The van der Waals surface area contributed by atoms with Crippen LogP contribution in [0.3, 0.4) is 0 Å². The molecule has 2 atom stereocenters. The van der Waals surface area contributed by atoms with Crippen LogP contribution in [-0.4, -0.2) is 17.7 Å². The van der Waals surface area contributed by atoms with Crippen molar-refractivity contribution in [3.05, 3.63) is 36.5 Å². The lowest BCUT2D eigenvalue weighted by Gasteiger charge is -2.15. The van der Waals surface area contributed by atoms with E-state index < -0.39 is 0 Å². The van der Waals surface area contributed by atoms with Crippen LogP contribution in [0.5, 0.6) is 0 Å². The molecule has 0 bridgehead atoms. The second-order valence-corrected chi connectivity index (χ2v) is 4.57. The van der Waals surface area contributed by atoms with Gasteiger partial charge in [-0.05, 0) is 18.4 Å². The van der Waals surface area contributed by atoms with E-state index in [4.69, 9.17) is 0 Å². The summed E-state index contributed by atoms with van der Waals surface area (Å²) in [4.78, 5) is 23.5. The summed E-state index contributed by atoms with van der Waals surface area (Å²) in [5.41, 5.74) is 1.08. The largest absolute Gasteiger partial charge is 0.352 e. The van der Waals surface area contributed by atoms with E-state index in [2.05, 4.69) is 18.0 Å². The van der Waals surface area contributed by atoms with Gasteiger partial charge in [0.25, 0.3) is 0 Å². The Hall–Kier alpha value is -1.64. The minimum absolute atomic E-state index is 0.0221. The van der Waals surface area contributed by atoms with Gasteiger partial charge in [-0.2, -0.15) is 0 Å². The zero-order valence-electron chi connectivity index (χ0n) is 9.82. The molecule has 0 saturated carbocycles. The number of nitrogens with one attached hydrogen (secondary N) is 1. The molecule has 2 aliphatic rings. The molecule has 0 aromatic carbocycles. The van der Waals surface area contributed by atoms with E-state index in [1.807, 2.05) is 12.2 Å². The van der Waals surface area contributed by atoms with Crippen LogP contribution in [0.25, 0.3) is 0 Å². The maximum atomic E-state index is 12.1. The Labute approximate surface area is 101 Å². The summed E-state index contributed by atoms with van der Waals surface area (Å²) in [6, 6.07) is -0.0570. The Morgan fingerprint density at radius 1 is 1.59 bits per heavy atom. The van der Waals surface area contributed by atoms with Crippen LogP contribution >= 0.6 is 0 Å². The van der Waals surface area contributed by atoms with E-state index in [1.54, 1.807) is 6.08 Å². The van der Waals surface area contributed by atoms with Crippen LogP contribution in [-0.2, 0) is 9.59 Å². The van der Waals surface area contributed by atoms with Gasteiger partial charge >= 0.3 is 0 Å². The molecule has 1 heterocycles. The molecule has 3 nitrogen and oxygen atoms in total. The third-order valence-electron chi connectivity index (χ3n) is 3.30. The number of hydrogen-bond acceptors (Lipinski definition) is 2. The Bertz CT molecular complexity index is 406. The Morgan fingerprint density at radius 2 is 2.41 bits per heavy atom. The lowest BCUT2D eigenvalue weighted by atomic mass is 9.90. The standard InChI is InChI=1S/C14H17NO2/c1-2-5-12-11(9-14(17)15-12)13(16)8-10-6-3-4-7-10/h2-3,6-7,11-12H,1,4-5,8-9H2,(H,15,17). The van der Waals surface area contributed by atoms with Gasteiger partial charge in [0.15, 0.2) is 0 Å². The van der Waals surface area contributed by atoms with Crippen molar-refractivity contribution >= 4 is 11.7 Å². The third kappa shape index (κ3) is 2.73. The predicted octanol–water partition coefficient (Wildman–Crippen LogP) is 1.91. The van der Waals surface area contributed by atoms with E-state index in [9.17, 15) is 9.59 Å². The highest BCUT2D eigenvalue weighted by atomic mass is 16.2. The number of carbonyl (C=O) groups excluding carboxylic acids is 2. The molecule has 0 aromatic heterocycles. The van der Waals surface area contributed by atoms with E-state index in [-0.39, 0.29) is 23.7 Å². The molecular formula is C14H17NO2. The molecular weight excluding hydrogens is 214 g/mol. The first-order valence-electron chi connectivity index (χ1n) is 5.99. The van der Waals surface area contributed by atoms with Gasteiger partial charge in [0.2, 0.25) is 5.91 Å². The number of rotatable bonds is 5. The Kier molecular flexibility index (Phi) is 3.57. The molecule has 0 aromatic rings. The highest BCUT2D eigenvalue weighted by Crippen LogP contribution is 2.24. The summed E-state index contributed by atoms with van der Waals surface area (Å²) in [7, 11) is 0. The van der Waals surface area contributed by atoms with Crippen LogP contribution < -0.4 is 5.32 Å². The van der Waals surface area contributed by atoms with Gasteiger partial charge in [-0.25, -0.2) is 0 Å². The van der Waals surface area contributed by atoms with Crippen molar-refractivity contribution in [2.45, 2.75) is 31.7 Å². The van der Waals surface area contributed by atoms with Crippen molar-refractivity contribution in [1.29, 1.82) is 0 Å². The van der Waals surface area contributed by atoms with E-state index in [0.717, 1.165) is 12.0 Å². The highest BCUT2D eigenvalue weighted by Gasteiger charge is 2.36. The second kappa shape index (κ2) is 5.13. The van der Waals surface area contributed by atoms with Gasteiger partial charge < -0.3 is 5.32 Å². The van der Waals surface area contributed by atoms with Gasteiger partial charge in [-0.15, -0.1) is 6.58 Å². The average molecular weight is 231 g/mol. The van der Waals surface area contributed by atoms with E-state index >= 15 is 0 Å². The molecule has 17 heavy (non-hydrogen) atoms. The molecule has 2 unspecified atom stereocenters. The summed E-state index contributed by atoms with van der Waals surface area (Å²) >= 11 is 0. The zero-order valence-corrected chi connectivity index (χ0v) is 9.82. The number of carbonyl (C=O) groups is 2. The number of hydrogen-bond donors (Lipinski definition) is 1. The normalized spacial score (nSPS) is 26.8. The molecule has 1 amide bonds. The molecule has 2 rings (SSSR count). The number of Topliss-reactive ketones (excluding diaryl/α,β-unsaturated/α-hetero) is 1. The van der Waals surface area contributed by atoms with Gasteiger partial charge in [-0.3, -0.25) is 9.59 Å². The summed E-state index contributed by atoms with van der Waals surface area (Å²) in [6.07, 6.45) is 10.2. The van der Waals surface area contributed by atoms with Gasteiger partial charge in [0.05, 0.1) is 0 Å². The average Bonchev–Trinajstić information content (AvgIpc) is 2.88. The van der Waals surface area contributed by atoms with Crippen LogP contribution in [0.1, 0.15) is 25.7 Å². The van der Waals surface area contributed by atoms with Crippen molar-refractivity contribution in [2.75, 3.05) is 0 Å². The summed E-state index contributed by atoms with van der Waals surface area (Å²) in [5.74, 6) is -0.0467. The molecule has 1 aliphatic carbocycles. The monoisotopic (exact) mass is 231 g/mol. The topological polar surface area (TPSA) is 46.2 Å². The number of amides is 1. The summed E-state index contributed by atoms with van der Waals surface area (Å²) in [6.45, 7) is 3.66. The quantitative estimate of drug-likeness (QED) is 0.735. The lowest BCUT2D eigenvalue weighted by Crippen LogP contribution is -2.32. The second-order valence-electron chi connectivity index (χ2n) is 4.57. The molecule has 1 saturated heterocycles. The zero-order chi connectivity index (χ0) is 12.3. The fourth-order valence-corrected chi connectivity index (χ4v) is 2.42. The van der Waals surface area contributed by atoms with Crippen LogP contribution in [0.2, 0.25) is 0 Å². The molecule has 1 aliphatic heterocycles. The first kappa shape index (κ1) is 11.8. The van der Waals surface area contributed by atoms with Gasteiger partial charge in [0, 0.05) is 24.8 Å². The van der Waals surface area contributed by atoms with Crippen molar-refractivity contribution in [3.63, 3.8) is 0 Å². The van der Waals surface area contributed by atoms with Crippen LogP contribution in [0.4, 0.5) is 0 Å². The Morgan fingerprint density at radius 3 is 3.06 bits per heavy atom. The fraction of sp³-hybridized carbons (Fsp3) is 0.429. The molecule has 0 radical (unpaired) electrons. The van der Waals surface area contributed by atoms with Crippen molar-refractivity contribution in [2.24, 2.45) is 5.92 Å². The number of ketones is 1. The SMILES string of the molecule is C=CCC1NC(=O)CC1C(=O)CC1=CCC=C1. The van der Waals surface area contributed by atoms with Crippen molar-refractivity contribution < 1.29 is 9.59 Å². The molecule has 0 spiro atoms. The minimum atomic E-state index is -0.185. The maximum absolute atomic E-state index is 12.1. The molecule has 1 fully saturated rings. The summed E-state index contributed by atoms with van der Waals surface area (Å²) in [5, 5.41) is 2.84. The van der Waals surface area contributed by atoms with Crippen LogP contribution in [0, 0.1) is 5.92 Å². The maximum Gasteiger partial charge on any atom is 0.221 e. The first-order chi connectivity index (χ1) is 8.20. The van der Waals surface area contributed by atoms with Crippen LogP contribution in [0.15, 0.2) is 36.5 Å². The van der Waals surface area contributed by atoms with Crippen molar-refractivity contribution in [1.82, 2.24) is 5.32 Å². The predicted molar refractivity (Wildman–Crippen MR) is 66.3 cm³/mol. The molecule has 1 N–H and O–H groups in total. The molecule has 3 heteroatoms. The van der Waals surface area contributed by atoms with Crippen molar-refractivity contribution in [3.8, 4) is 0 Å². The van der Waals surface area contributed by atoms with Gasteiger partial charge in [-0.1, -0.05) is 24.3 Å². The highest BCUT2D eigenvalue weighted by molar-refractivity contribution is 5.92. The first-order valence-corrected chi connectivity index (χ1v) is 5.99. The lowest BCUT2D eigenvalue weighted by molar-refractivity contribution is -0.124. The van der Waals surface area contributed by atoms with E-state index in [1.165, 1.54) is 0 Å². The Balaban J connectivity index is 1.99. The van der Waals surface area contributed by atoms with E-state index in [0.29, 0.717) is 19.3 Å². The third-order valence-corrected chi connectivity index (χ3v) is 3.30. The minimum Gasteiger partial charge on any atom is -0.352 e.